The molecule has 0 unspecified atom stereocenters. The Hall–Kier alpha value is -1.42. The number of hydrogen-bond acceptors (Lipinski definition) is 4. The fraction of sp³-hybridized carbons (Fsp3) is 0.571. The average molecular weight is 252 g/mol. The second-order valence-electron chi connectivity index (χ2n) is 4.11. The van der Waals surface area contributed by atoms with Crippen molar-refractivity contribution in [1.82, 2.24) is 0 Å². The molecular weight excluding hydrogens is 232 g/mol. The van der Waals surface area contributed by atoms with Crippen molar-refractivity contribution in [1.29, 1.82) is 0 Å². The van der Waals surface area contributed by atoms with E-state index in [9.17, 15) is 0 Å². The van der Waals surface area contributed by atoms with Crippen LogP contribution < -0.4 is 14.2 Å². The van der Waals surface area contributed by atoms with Crippen molar-refractivity contribution >= 4 is 0 Å². The highest BCUT2D eigenvalue weighted by molar-refractivity contribution is 5.51. The summed E-state index contributed by atoms with van der Waals surface area (Å²) in [5.74, 6) is 2.46. The van der Waals surface area contributed by atoms with Gasteiger partial charge in [0.2, 0.25) is 6.79 Å². The Labute approximate surface area is 108 Å². The van der Waals surface area contributed by atoms with Gasteiger partial charge in [0.05, 0.1) is 6.61 Å². The molecule has 0 radical (unpaired) electrons. The third-order valence-electron chi connectivity index (χ3n) is 2.76. The van der Waals surface area contributed by atoms with Crippen LogP contribution in [0.25, 0.3) is 0 Å². The zero-order valence-electron chi connectivity index (χ0n) is 11.0. The van der Waals surface area contributed by atoms with E-state index < -0.39 is 0 Å². The molecule has 0 aromatic heterocycles. The number of rotatable bonds is 7. The Morgan fingerprint density at radius 1 is 1.11 bits per heavy atom. The molecule has 1 aromatic carbocycles. The van der Waals surface area contributed by atoms with Crippen LogP contribution in [0.2, 0.25) is 0 Å². The quantitative estimate of drug-likeness (QED) is 0.699. The van der Waals surface area contributed by atoms with Crippen LogP contribution in [0.3, 0.4) is 0 Å². The van der Waals surface area contributed by atoms with E-state index in [1.54, 1.807) is 0 Å². The van der Waals surface area contributed by atoms with Gasteiger partial charge in [0.25, 0.3) is 0 Å². The van der Waals surface area contributed by atoms with Gasteiger partial charge >= 0.3 is 0 Å². The molecule has 0 N–H and O–H groups in total. The lowest BCUT2D eigenvalue weighted by Crippen LogP contribution is -2.07. The van der Waals surface area contributed by atoms with Crippen molar-refractivity contribution in [3.8, 4) is 17.2 Å². The van der Waals surface area contributed by atoms with Crippen molar-refractivity contribution in [2.24, 2.45) is 0 Å². The highest BCUT2D eigenvalue weighted by Gasteiger charge is 2.17. The molecule has 0 saturated carbocycles. The maximum absolute atomic E-state index is 5.76. The van der Waals surface area contributed by atoms with Crippen LogP contribution in [0.5, 0.6) is 17.2 Å². The maximum atomic E-state index is 5.76. The maximum Gasteiger partial charge on any atom is 0.231 e. The summed E-state index contributed by atoms with van der Waals surface area (Å²) in [5, 5.41) is 0. The minimum absolute atomic E-state index is 0.295. The molecule has 2 rings (SSSR count). The molecule has 4 nitrogen and oxygen atoms in total. The molecule has 1 aromatic rings. The lowest BCUT2D eigenvalue weighted by molar-refractivity contribution is 0.109. The molecule has 18 heavy (non-hydrogen) atoms. The molecule has 4 heteroatoms. The lowest BCUT2D eigenvalue weighted by Gasteiger charge is -2.12. The predicted molar refractivity (Wildman–Crippen MR) is 68.5 cm³/mol. The fourth-order valence-corrected chi connectivity index (χ4v) is 1.92. The van der Waals surface area contributed by atoms with Crippen LogP contribution in [-0.2, 0) is 11.2 Å². The minimum atomic E-state index is 0.295. The van der Waals surface area contributed by atoms with E-state index in [0.29, 0.717) is 26.6 Å². The Kier molecular flexibility index (Phi) is 4.70. The van der Waals surface area contributed by atoms with E-state index in [-0.39, 0.29) is 0 Å². The van der Waals surface area contributed by atoms with E-state index in [4.69, 9.17) is 18.9 Å². The van der Waals surface area contributed by atoms with Crippen molar-refractivity contribution in [3.05, 3.63) is 17.7 Å². The third kappa shape index (κ3) is 3.07. The first-order chi connectivity index (χ1) is 8.85. The van der Waals surface area contributed by atoms with Crippen LogP contribution in [0.15, 0.2) is 12.1 Å². The third-order valence-corrected chi connectivity index (χ3v) is 2.76. The first kappa shape index (κ1) is 13.0. The highest BCUT2D eigenvalue weighted by atomic mass is 16.7. The normalized spacial score (nSPS) is 12.8. The summed E-state index contributed by atoms with van der Waals surface area (Å²) in [6.07, 6.45) is 2.04. The molecule has 0 atom stereocenters. The van der Waals surface area contributed by atoms with E-state index in [1.807, 2.05) is 19.1 Å². The number of aryl methyl sites for hydroxylation is 1. The fourth-order valence-electron chi connectivity index (χ4n) is 1.92. The second-order valence-corrected chi connectivity index (χ2v) is 4.11. The van der Waals surface area contributed by atoms with E-state index in [2.05, 4.69) is 6.92 Å². The topological polar surface area (TPSA) is 36.9 Å². The molecule has 0 saturated heterocycles. The van der Waals surface area contributed by atoms with Gasteiger partial charge in [-0.25, -0.2) is 0 Å². The lowest BCUT2D eigenvalue weighted by atomic mass is 10.1. The van der Waals surface area contributed by atoms with Gasteiger partial charge in [0.15, 0.2) is 11.5 Å². The van der Waals surface area contributed by atoms with E-state index >= 15 is 0 Å². The Balaban J connectivity index is 2.06. The van der Waals surface area contributed by atoms with Crippen LogP contribution in [0.1, 0.15) is 25.8 Å². The van der Waals surface area contributed by atoms with Crippen LogP contribution in [0.4, 0.5) is 0 Å². The molecule has 0 spiro atoms. The van der Waals surface area contributed by atoms with Gasteiger partial charge in [-0.3, -0.25) is 0 Å². The smallest absolute Gasteiger partial charge is 0.231 e. The summed E-state index contributed by atoms with van der Waals surface area (Å²) in [5.41, 5.74) is 1.17. The summed E-state index contributed by atoms with van der Waals surface area (Å²) >= 11 is 0. The van der Waals surface area contributed by atoms with Crippen molar-refractivity contribution in [2.75, 3.05) is 26.6 Å². The van der Waals surface area contributed by atoms with Crippen LogP contribution in [-0.4, -0.2) is 26.6 Å². The van der Waals surface area contributed by atoms with Crippen molar-refractivity contribution < 1.29 is 18.9 Å². The molecule has 0 fully saturated rings. The van der Waals surface area contributed by atoms with Gasteiger partial charge in [0, 0.05) is 12.7 Å². The monoisotopic (exact) mass is 252 g/mol. The number of benzene rings is 1. The summed E-state index contributed by atoms with van der Waals surface area (Å²) in [4.78, 5) is 0. The molecule has 1 heterocycles. The molecule has 1 aliphatic rings. The molecule has 100 valence electrons. The Morgan fingerprint density at radius 2 is 1.89 bits per heavy atom. The number of hydrogen-bond donors (Lipinski definition) is 0. The summed E-state index contributed by atoms with van der Waals surface area (Å²) in [7, 11) is 0. The minimum Gasteiger partial charge on any atom is -0.491 e. The van der Waals surface area contributed by atoms with Gasteiger partial charge in [-0.1, -0.05) is 13.3 Å². The molecular formula is C14H20O4. The van der Waals surface area contributed by atoms with E-state index in [0.717, 1.165) is 30.1 Å². The predicted octanol–water partition coefficient (Wildman–Crippen LogP) is 2.78. The highest BCUT2D eigenvalue weighted by Crippen LogP contribution is 2.38. The Bertz CT molecular complexity index is 390. The zero-order valence-corrected chi connectivity index (χ0v) is 11.0. The number of ether oxygens (including phenoxy) is 4. The first-order valence-electron chi connectivity index (χ1n) is 6.48. The van der Waals surface area contributed by atoms with Gasteiger partial charge in [0.1, 0.15) is 12.4 Å². The molecule has 0 aliphatic carbocycles. The first-order valence-corrected chi connectivity index (χ1v) is 6.48. The zero-order chi connectivity index (χ0) is 12.8. The molecule has 0 amide bonds. The van der Waals surface area contributed by atoms with Crippen molar-refractivity contribution in [2.45, 2.75) is 26.7 Å². The second kappa shape index (κ2) is 6.50. The average Bonchev–Trinajstić information content (AvgIpc) is 2.82. The number of fused-ring (bicyclic) bond motifs is 1. The van der Waals surface area contributed by atoms with Crippen molar-refractivity contribution in [3.63, 3.8) is 0 Å². The Morgan fingerprint density at radius 3 is 2.61 bits per heavy atom. The van der Waals surface area contributed by atoms with Crippen LogP contribution in [0, 0.1) is 0 Å². The van der Waals surface area contributed by atoms with Gasteiger partial charge < -0.3 is 18.9 Å². The summed E-state index contributed by atoms with van der Waals surface area (Å²) in [6, 6.07) is 3.93. The molecule has 0 bridgehead atoms. The largest absolute Gasteiger partial charge is 0.491 e. The van der Waals surface area contributed by atoms with Gasteiger partial charge in [-0.15, -0.1) is 0 Å². The molecule has 1 aliphatic heterocycles. The SMILES string of the molecule is CCCc1cc2c(cc1OCCOCC)OCO2. The van der Waals surface area contributed by atoms with Gasteiger partial charge in [-0.05, 0) is 25.0 Å². The summed E-state index contributed by atoms with van der Waals surface area (Å²) < 4.78 is 21.8. The summed E-state index contributed by atoms with van der Waals surface area (Å²) in [6.45, 7) is 6.30. The van der Waals surface area contributed by atoms with E-state index in [1.165, 1.54) is 5.56 Å². The van der Waals surface area contributed by atoms with Gasteiger partial charge in [-0.2, -0.15) is 0 Å². The standard InChI is InChI=1S/C14H20O4/c1-3-5-11-8-13-14(18-10-17-13)9-12(11)16-7-6-15-4-2/h8-9H,3-7,10H2,1-2H3. The van der Waals surface area contributed by atoms with Crippen LogP contribution >= 0.6 is 0 Å².